The molecule has 0 bridgehead atoms. The zero-order valence-electron chi connectivity index (χ0n) is 15.9. The van der Waals surface area contributed by atoms with E-state index in [1.165, 1.54) is 7.05 Å². The van der Waals surface area contributed by atoms with Crippen LogP contribution in [0.15, 0.2) is 0 Å². The number of amides is 1. The first-order valence-corrected chi connectivity index (χ1v) is 51.6. The van der Waals surface area contributed by atoms with Gasteiger partial charge in [-0.1, -0.05) is 17.9 Å². The van der Waals surface area contributed by atoms with Crippen molar-refractivity contribution in [3.05, 3.63) is 11.6 Å². The van der Waals surface area contributed by atoms with Gasteiger partial charge < -0.3 is 16.2 Å². The van der Waals surface area contributed by atoms with Gasteiger partial charge in [0.15, 0.2) is 11.6 Å². The number of aromatic nitrogens is 8. The number of carbonyl (C=O) groups excluding carboxylic acids is 1. The molecule has 2 aromatic heterocycles. The largest absolute Gasteiger partial charge is 0.481 e. The molecular weight excluding hydrogens is 1340 g/mol. The van der Waals surface area contributed by atoms with Gasteiger partial charge in [0.1, 0.15) is 0 Å². The summed E-state index contributed by atoms with van der Waals surface area (Å²) < 4.78 is 0. The molecule has 192 valence electrons. The minimum absolute atomic E-state index is 0. The van der Waals surface area contributed by atoms with Crippen molar-refractivity contribution in [1.29, 1.82) is 0 Å². The molecule has 0 atom stereocenters. The molecule has 0 fully saturated rings. The molecule has 0 saturated heterocycles. The maximum Gasteiger partial charge on any atom is 0.303 e. The van der Waals surface area contributed by atoms with Crippen molar-refractivity contribution in [2.75, 3.05) is 14.1 Å². The van der Waals surface area contributed by atoms with Gasteiger partial charge in [-0.25, -0.2) is 0 Å². The number of nitrogens with zero attached hydrogens (tertiary/aromatic N) is 6. The van der Waals surface area contributed by atoms with Crippen molar-refractivity contribution in [2.24, 2.45) is 5.73 Å². The van der Waals surface area contributed by atoms with Gasteiger partial charge in [0.05, 0.1) is 6.42 Å². The van der Waals surface area contributed by atoms with Crippen LogP contribution in [0.3, 0.4) is 0 Å². The van der Waals surface area contributed by atoms with Crippen molar-refractivity contribution >= 4 is 129 Å². The number of nitrogens with one attached hydrogen (secondary N) is 3. The van der Waals surface area contributed by atoms with Crippen molar-refractivity contribution < 1.29 is 14.7 Å². The van der Waals surface area contributed by atoms with E-state index in [1.54, 1.807) is 7.05 Å². The number of halogens is 8. The maximum atomic E-state index is 10.7. The normalized spacial score (nSPS) is 10.3. The summed E-state index contributed by atoms with van der Waals surface area (Å²) in [6.07, 6.45) is 1.29. The first-order valence-electron chi connectivity index (χ1n) is 7.56. The summed E-state index contributed by atoms with van der Waals surface area (Å²) in [4.78, 5) is 20.7. The Morgan fingerprint density at radius 3 is 1.59 bits per heavy atom. The second-order valence-electron chi connectivity index (χ2n) is 4.21. The first kappa shape index (κ1) is 39.4. The van der Waals surface area contributed by atoms with Gasteiger partial charge in [-0.15, -0.1) is 20.4 Å². The Kier molecular flexibility index (Phi) is 33.2. The third-order valence-electron chi connectivity index (χ3n) is 2.36. The number of nitrogens with two attached hydrogens (primary N) is 1. The van der Waals surface area contributed by atoms with Gasteiger partial charge in [0, 0.05) is 26.3 Å². The summed E-state index contributed by atoms with van der Waals surface area (Å²) in [6.45, 7) is 0. The van der Waals surface area contributed by atoms with E-state index in [2.05, 4.69) is 145 Å². The van der Waals surface area contributed by atoms with Gasteiger partial charge in [0.2, 0.25) is 5.91 Å². The molecule has 0 aliphatic rings. The van der Waals surface area contributed by atoms with Crippen LogP contribution >= 0.6 is 117 Å². The van der Waals surface area contributed by atoms with Crippen LogP contribution in [0.5, 0.6) is 0 Å². The van der Waals surface area contributed by atoms with Gasteiger partial charge in [0.25, 0.3) is 0 Å². The Hall–Kier alpha value is 2.88. The van der Waals surface area contributed by atoms with E-state index >= 15 is 0 Å². The monoisotopic (exact) mass is 1360 g/mol. The zero-order valence-corrected chi connectivity index (χ0v) is 33.1. The maximum absolute atomic E-state index is 10.7. The molecule has 32 heavy (non-hydrogen) atoms. The van der Waals surface area contributed by atoms with Crippen LogP contribution in [-0.2, 0) is 22.4 Å². The smallest absolute Gasteiger partial charge is 0.303 e. The molecule has 0 aliphatic heterocycles. The summed E-state index contributed by atoms with van der Waals surface area (Å²) in [6, 6.07) is 0. The fourth-order valence-corrected chi connectivity index (χ4v) is 420. The second-order valence-corrected chi connectivity index (χ2v) is 150. The number of aliphatic carboxylic acids is 1. The van der Waals surface area contributed by atoms with E-state index in [0.717, 1.165) is 0 Å². The number of carbonyl (C=O) groups is 2. The minimum Gasteiger partial charge on any atom is -0.481 e. The van der Waals surface area contributed by atoms with E-state index in [9.17, 15) is 9.59 Å². The fraction of sp³-hybridized carbons (Fsp3) is 0.636. The summed E-state index contributed by atoms with van der Waals surface area (Å²) in [5.41, 5.74) is 4.50. The molecule has 1 amide bonds. The number of rotatable bonds is 8. The Balaban J connectivity index is -0.000000378. The van der Waals surface area contributed by atoms with Gasteiger partial charge in [-0.2, -0.15) is 10.4 Å². The number of aromatic amines is 2. The van der Waals surface area contributed by atoms with Crippen LogP contribution in [-0.4, -0.2) is 72.3 Å². The predicted molar refractivity (Wildman–Crippen MR) is 196 cm³/mol. The SMILES string of the molecule is C.CN.CNC(=O)CCc1nn[nH]n1.II(I)I(I)I(I)I.O=C(O)CCc1nn[nH]n1. The standard InChI is InChI=1S/C5H9N5O.C4H6N4O2.CH5N.CH4.I8/c1-6-5(11)3-2-4-7-9-10-8-4;9-4(10)2-1-3-5-7-8-6-3;1-2;;1-6(2)8(5)7(3)4/h2-3H2,1H3,(H,6,11)(H,7,8,9,10);1-2H2,(H,9,10)(H,5,6,7,8);2H2,1H3;1H4;. The van der Waals surface area contributed by atoms with Crippen molar-refractivity contribution in [1.82, 2.24) is 46.6 Å². The van der Waals surface area contributed by atoms with Crippen LogP contribution < -0.4 is 11.1 Å². The number of carboxylic acid groups (broad SMARTS) is 1. The molecule has 6 N–H and O–H groups in total. The Bertz CT molecular complexity index is 672. The van der Waals surface area contributed by atoms with Gasteiger partial charge in [-0.3, -0.25) is 9.59 Å². The van der Waals surface area contributed by atoms with Crippen molar-refractivity contribution in [2.45, 2.75) is 33.1 Å². The molecule has 21 heteroatoms. The topological polar surface area (TPSA) is 201 Å². The Morgan fingerprint density at radius 2 is 1.34 bits per heavy atom. The summed E-state index contributed by atoms with van der Waals surface area (Å²) in [5, 5.41) is 36.4. The van der Waals surface area contributed by atoms with Gasteiger partial charge >= 0.3 is 123 Å². The number of hydrogen-bond donors (Lipinski definition) is 5. The molecule has 2 aromatic rings. The fourth-order valence-electron chi connectivity index (χ4n) is 1.18. The third-order valence-corrected chi connectivity index (χ3v) is 333. The molecule has 2 heterocycles. The van der Waals surface area contributed by atoms with E-state index < -0.39 is 5.97 Å². The van der Waals surface area contributed by atoms with Gasteiger partial charge in [-0.05, 0) is 7.05 Å². The Labute approximate surface area is 248 Å². The van der Waals surface area contributed by atoms with Crippen molar-refractivity contribution in [3.8, 4) is 0 Å². The molecule has 0 aliphatic carbocycles. The van der Waals surface area contributed by atoms with E-state index in [1.807, 2.05) is 0 Å². The number of tetrazole rings is 2. The van der Waals surface area contributed by atoms with E-state index in [0.29, 0.717) is 30.9 Å². The molecular formula is C11H24I8N10O3. The quantitative estimate of drug-likeness (QED) is 0.214. The number of H-pyrrole nitrogens is 2. The molecule has 0 aromatic carbocycles. The molecule has 13 nitrogen and oxygen atoms in total. The average molecular weight is 1360 g/mol. The molecule has 0 unspecified atom stereocenters. The summed E-state index contributed by atoms with van der Waals surface area (Å²) >= 11 is 13.7. The van der Waals surface area contributed by atoms with Crippen LogP contribution in [0.1, 0.15) is 31.9 Å². The minimum atomic E-state index is -0.857. The van der Waals surface area contributed by atoms with Crippen LogP contribution in [0.4, 0.5) is 0 Å². The number of aryl methyl sites for hydroxylation is 2. The second kappa shape index (κ2) is 26.9. The Morgan fingerprint density at radius 1 is 0.938 bits per heavy atom. The average Bonchev–Trinajstić information content (AvgIpc) is 3.46. The first-order chi connectivity index (χ1) is 14.7. The van der Waals surface area contributed by atoms with Crippen LogP contribution in [0, 0.1) is 0 Å². The van der Waals surface area contributed by atoms with Crippen LogP contribution in [0.25, 0.3) is 0 Å². The molecule has 0 spiro atoms. The third kappa shape index (κ3) is 24.6. The van der Waals surface area contributed by atoms with Crippen molar-refractivity contribution in [3.63, 3.8) is 0 Å². The molecule has 2 rings (SSSR count). The van der Waals surface area contributed by atoms with E-state index in [-0.39, 0.29) is 43.4 Å². The molecule has 0 radical (unpaired) electrons. The molecule has 0 saturated carbocycles. The number of carboxylic acids is 1. The zero-order chi connectivity index (χ0) is 24.2. The summed E-state index contributed by atoms with van der Waals surface area (Å²) in [5.74, 6) is 0.121. The number of hydrogen-bond acceptors (Lipinski definition) is 9. The van der Waals surface area contributed by atoms with Crippen LogP contribution in [0.2, 0.25) is 0 Å². The predicted octanol–water partition coefficient (Wildman–Crippen LogP) is 5.39. The van der Waals surface area contributed by atoms with E-state index in [4.69, 9.17) is 5.11 Å². The summed E-state index contributed by atoms with van der Waals surface area (Å²) in [7, 11) is 2.15.